The van der Waals surface area contributed by atoms with Gasteiger partial charge in [0.15, 0.2) is 0 Å². The number of aromatic nitrogens is 1. The molecule has 0 amide bonds. The Bertz CT molecular complexity index is 299. The summed E-state index contributed by atoms with van der Waals surface area (Å²) in [5.41, 5.74) is 6.20. The van der Waals surface area contributed by atoms with Crippen LogP contribution in [-0.4, -0.2) is 22.2 Å². The maximum absolute atomic E-state index is 9.34. The third kappa shape index (κ3) is 2.14. The fourth-order valence-corrected chi connectivity index (χ4v) is 1.79. The van der Waals surface area contributed by atoms with E-state index in [4.69, 9.17) is 5.73 Å². The highest BCUT2D eigenvalue weighted by atomic mass is 16.3. The average Bonchev–Trinajstić information content (AvgIpc) is 2.56. The second kappa shape index (κ2) is 3.84. The van der Waals surface area contributed by atoms with Gasteiger partial charge in [0.05, 0.1) is 18.0 Å². The van der Waals surface area contributed by atoms with E-state index >= 15 is 0 Å². The van der Waals surface area contributed by atoms with E-state index < -0.39 is 0 Å². The number of hydrogen-bond acceptors (Lipinski definition) is 4. The molecule has 1 aliphatic rings. The van der Waals surface area contributed by atoms with Crippen molar-refractivity contribution in [3.8, 4) is 0 Å². The molecule has 1 aromatic heterocycles. The zero-order valence-corrected chi connectivity index (χ0v) is 7.98. The molecule has 2 atom stereocenters. The summed E-state index contributed by atoms with van der Waals surface area (Å²) < 4.78 is 0. The van der Waals surface area contributed by atoms with Crippen LogP contribution >= 0.6 is 0 Å². The Morgan fingerprint density at radius 3 is 2.86 bits per heavy atom. The van der Waals surface area contributed by atoms with Gasteiger partial charge in [0.1, 0.15) is 5.82 Å². The van der Waals surface area contributed by atoms with E-state index in [0.29, 0.717) is 11.7 Å². The topological polar surface area (TPSA) is 71.2 Å². The van der Waals surface area contributed by atoms with E-state index in [1.54, 1.807) is 6.20 Å². The highest BCUT2D eigenvalue weighted by Crippen LogP contribution is 2.22. The maximum atomic E-state index is 9.34. The summed E-state index contributed by atoms with van der Waals surface area (Å²) in [5.74, 6) is 0.832. The van der Waals surface area contributed by atoms with E-state index in [2.05, 4.69) is 10.3 Å². The molecule has 1 heterocycles. The monoisotopic (exact) mass is 193 g/mol. The molecule has 4 nitrogen and oxygen atoms in total. The molecule has 14 heavy (non-hydrogen) atoms. The summed E-state index contributed by atoms with van der Waals surface area (Å²) >= 11 is 0. The fraction of sp³-hybridized carbons (Fsp3) is 0.500. The number of aliphatic hydroxyl groups excluding tert-OH is 1. The first-order chi connectivity index (χ1) is 6.74. The molecule has 1 aromatic rings. The second-order valence-electron chi connectivity index (χ2n) is 3.78. The minimum absolute atomic E-state index is 0.152. The van der Waals surface area contributed by atoms with Gasteiger partial charge in [0.25, 0.3) is 0 Å². The van der Waals surface area contributed by atoms with E-state index in [9.17, 15) is 5.11 Å². The molecule has 1 aliphatic carbocycles. The number of nitrogen functional groups attached to an aromatic ring is 1. The average molecular weight is 193 g/mol. The number of hydrogen-bond donors (Lipinski definition) is 3. The molecule has 4 N–H and O–H groups in total. The van der Waals surface area contributed by atoms with Crippen LogP contribution in [0.2, 0.25) is 0 Å². The van der Waals surface area contributed by atoms with Gasteiger partial charge in [-0.2, -0.15) is 0 Å². The normalized spacial score (nSPS) is 26.4. The van der Waals surface area contributed by atoms with Crippen LogP contribution in [0.15, 0.2) is 18.3 Å². The lowest BCUT2D eigenvalue weighted by molar-refractivity contribution is 0.182. The molecule has 4 heteroatoms. The van der Waals surface area contributed by atoms with Crippen molar-refractivity contribution in [3.63, 3.8) is 0 Å². The fourth-order valence-electron chi connectivity index (χ4n) is 1.79. The third-order valence-corrected chi connectivity index (χ3v) is 2.54. The van der Waals surface area contributed by atoms with E-state index in [1.165, 1.54) is 0 Å². The first-order valence-corrected chi connectivity index (χ1v) is 4.90. The third-order valence-electron chi connectivity index (χ3n) is 2.54. The molecular formula is C10H15N3O. The van der Waals surface area contributed by atoms with Crippen LogP contribution in [0.3, 0.4) is 0 Å². The standard InChI is InChI=1S/C10H15N3O/c11-7-1-4-10(12-6-7)13-8-2-3-9(14)5-8/h1,4,6,8-9,14H,2-3,5,11H2,(H,12,13)/t8-,9-/m0/s1. The Morgan fingerprint density at radius 1 is 1.43 bits per heavy atom. The van der Waals surface area contributed by atoms with Crippen LogP contribution in [0.25, 0.3) is 0 Å². The van der Waals surface area contributed by atoms with Gasteiger partial charge in [-0.15, -0.1) is 0 Å². The minimum Gasteiger partial charge on any atom is -0.397 e. The van der Waals surface area contributed by atoms with Crippen LogP contribution in [0.5, 0.6) is 0 Å². The van der Waals surface area contributed by atoms with Crippen molar-refractivity contribution in [1.29, 1.82) is 0 Å². The predicted octanol–water partition coefficient (Wildman–Crippen LogP) is 0.989. The van der Waals surface area contributed by atoms with Gasteiger partial charge >= 0.3 is 0 Å². The zero-order chi connectivity index (χ0) is 9.97. The predicted molar refractivity (Wildman–Crippen MR) is 55.9 cm³/mol. The largest absolute Gasteiger partial charge is 0.397 e. The Kier molecular flexibility index (Phi) is 2.54. The number of pyridine rings is 1. The molecule has 0 unspecified atom stereocenters. The molecule has 1 fully saturated rings. The lowest BCUT2D eigenvalue weighted by Crippen LogP contribution is -2.17. The number of nitrogens with zero attached hydrogens (tertiary/aromatic N) is 1. The van der Waals surface area contributed by atoms with Crippen molar-refractivity contribution in [2.75, 3.05) is 11.1 Å². The molecular weight excluding hydrogens is 178 g/mol. The second-order valence-corrected chi connectivity index (χ2v) is 3.78. The van der Waals surface area contributed by atoms with Crippen LogP contribution in [0.1, 0.15) is 19.3 Å². The lowest BCUT2D eigenvalue weighted by atomic mass is 10.2. The number of nitrogens with two attached hydrogens (primary N) is 1. The molecule has 0 saturated heterocycles. The van der Waals surface area contributed by atoms with Gasteiger partial charge in [0.2, 0.25) is 0 Å². The Hall–Kier alpha value is -1.29. The van der Waals surface area contributed by atoms with Crippen molar-refractivity contribution in [2.24, 2.45) is 0 Å². The summed E-state index contributed by atoms with van der Waals surface area (Å²) in [7, 11) is 0. The van der Waals surface area contributed by atoms with Crippen molar-refractivity contribution >= 4 is 11.5 Å². The molecule has 1 saturated carbocycles. The van der Waals surface area contributed by atoms with Crippen molar-refractivity contribution < 1.29 is 5.11 Å². The summed E-state index contributed by atoms with van der Waals surface area (Å²) in [4.78, 5) is 4.15. The number of aliphatic hydroxyl groups is 1. The van der Waals surface area contributed by atoms with Crippen LogP contribution in [0, 0.1) is 0 Å². The quantitative estimate of drug-likeness (QED) is 0.655. The van der Waals surface area contributed by atoms with E-state index in [-0.39, 0.29) is 6.10 Å². The SMILES string of the molecule is Nc1ccc(N[C@H]2CC[C@H](O)C2)nc1. The lowest BCUT2D eigenvalue weighted by Gasteiger charge is -2.12. The van der Waals surface area contributed by atoms with Gasteiger partial charge < -0.3 is 16.2 Å². The molecule has 2 rings (SSSR count). The zero-order valence-electron chi connectivity index (χ0n) is 7.98. The summed E-state index contributed by atoms with van der Waals surface area (Å²) in [6.45, 7) is 0. The number of anilines is 2. The summed E-state index contributed by atoms with van der Waals surface area (Å²) in [6, 6.07) is 4.03. The van der Waals surface area contributed by atoms with Gasteiger partial charge in [-0.3, -0.25) is 0 Å². The Morgan fingerprint density at radius 2 is 2.29 bits per heavy atom. The van der Waals surface area contributed by atoms with Crippen molar-refractivity contribution in [1.82, 2.24) is 4.98 Å². The molecule has 76 valence electrons. The number of rotatable bonds is 2. The van der Waals surface area contributed by atoms with Crippen LogP contribution in [-0.2, 0) is 0 Å². The van der Waals surface area contributed by atoms with Crippen molar-refractivity contribution in [3.05, 3.63) is 18.3 Å². The highest BCUT2D eigenvalue weighted by Gasteiger charge is 2.22. The molecule has 0 radical (unpaired) electrons. The van der Waals surface area contributed by atoms with Gasteiger partial charge in [0, 0.05) is 6.04 Å². The van der Waals surface area contributed by atoms with Crippen LogP contribution in [0.4, 0.5) is 11.5 Å². The van der Waals surface area contributed by atoms with Gasteiger partial charge in [-0.25, -0.2) is 4.98 Å². The Labute approximate surface area is 83.2 Å². The smallest absolute Gasteiger partial charge is 0.126 e. The summed E-state index contributed by atoms with van der Waals surface area (Å²) in [6.07, 6.45) is 4.18. The molecule has 0 bridgehead atoms. The van der Waals surface area contributed by atoms with Gasteiger partial charge in [-0.1, -0.05) is 0 Å². The maximum Gasteiger partial charge on any atom is 0.126 e. The number of nitrogens with one attached hydrogen (secondary N) is 1. The van der Waals surface area contributed by atoms with E-state index in [0.717, 1.165) is 25.1 Å². The molecule has 0 aromatic carbocycles. The van der Waals surface area contributed by atoms with Gasteiger partial charge in [-0.05, 0) is 31.4 Å². The highest BCUT2D eigenvalue weighted by molar-refractivity contribution is 5.44. The first-order valence-electron chi connectivity index (χ1n) is 4.90. The minimum atomic E-state index is -0.152. The first kappa shape index (κ1) is 9.27. The summed E-state index contributed by atoms with van der Waals surface area (Å²) in [5, 5.41) is 12.6. The molecule has 0 spiro atoms. The Balaban J connectivity index is 1.94. The van der Waals surface area contributed by atoms with Crippen molar-refractivity contribution in [2.45, 2.75) is 31.4 Å². The van der Waals surface area contributed by atoms with E-state index in [1.807, 2.05) is 12.1 Å². The molecule has 0 aliphatic heterocycles. The van der Waals surface area contributed by atoms with Crippen LogP contribution < -0.4 is 11.1 Å².